The number of methoxy groups -OCH3 is 1. The molecule has 1 unspecified atom stereocenters. The minimum Gasteiger partial charge on any atom is -0.481 e. The van der Waals surface area contributed by atoms with E-state index in [1.807, 2.05) is 43.3 Å². The van der Waals surface area contributed by atoms with E-state index in [2.05, 4.69) is 26.5 Å². The minimum absolute atomic E-state index is 0.142. The molecule has 3 N–H and O–H groups in total. The molecule has 4 heterocycles. The highest BCUT2D eigenvalue weighted by atomic mass is 35.5. The minimum atomic E-state index is -1.19. The molecule has 1 saturated heterocycles. The summed E-state index contributed by atoms with van der Waals surface area (Å²) >= 11 is 7.20. The second-order valence-electron chi connectivity index (χ2n) is 12.9. The second-order valence-corrected chi connectivity index (χ2v) is 13.3. The number of nitrogens with zero attached hydrogens (tertiary/aromatic N) is 6. The van der Waals surface area contributed by atoms with E-state index in [4.69, 9.17) is 21.3 Å². The number of urea groups is 1. The number of carbonyl (C=O) groups is 2. The number of pyridine rings is 1. The lowest BCUT2D eigenvalue weighted by molar-refractivity contribution is -0.143. The maximum absolute atomic E-state index is 12.6. The van der Waals surface area contributed by atoms with Crippen molar-refractivity contribution < 1.29 is 24.5 Å². The van der Waals surface area contributed by atoms with Crippen molar-refractivity contribution in [1.82, 2.24) is 25.0 Å². The Bertz CT molecular complexity index is 1960. The van der Waals surface area contributed by atoms with Crippen molar-refractivity contribution in [2.24, 2.45) is 5.92 Å². The highest BCUT2D eigenvalue weighted by molar-refractivity contribution is 6.36. The molecular formula is C36H38ClN7O5. The molecule has 0 saturated carbocycles. The summed E-state index contributed by atoms with van der Waals surface area (Å²) < 4.78 is 5.88. The Morgan fingerprint density at radius 2 is 1.76 bits per heavy atom. The van der Waals surface area contributed by atoms with Crippen LogP contribution in [0.1, 0.15) is 53.8 Å². The Hall–Kier alpha value is -4.78. The zero-order valence-electron chi connectivity index (χ0n) is 27.8. The third-order valence-corrected chi connectivity index (χ3v) is 10.6. The van der Waals surface area contributed by atoms with Gasteiger partial charge in [0.1, 0.15) is 0 Å². The molecule has 12 nitrogen and oxygen atoms in total. The van der Waals surface area contributed by atoms with Crippen LogP contribution in [0.15, 0.2) is 48.7 Å². The zero-order chi connectivity index (χ0) is 34.6. The van der Waals surface area contributed by atoms with Crippen LogP contribution in [-0.4, -0.2) is 81.5 Å². The molecule has 2 aliphatic heterocycles. The van der Waals surface area contributed by atoms with Crippen LogP contribution < -0.4 is 15.0 Å². The number of halogens is 1. The number of benzene rings is 2. The molecule has 4 aromatic rings. The van der Waals surface area contributed by atoms with Gasteiger partial charge in [-0.1, -0.05) is 41.9 Å². The van der Waals surface area contributed by atoms with Gasteiger partial charge in [0, 0.05) is 42.5 Å². The smallest absolute Gasteiger partial charge is 0.326 e. The Kier molecular flexibility index (Phi) is 8.64. The van der Waals surface area contributed by atoms with Crippen LogP contribution in [0.4, 0.5) is 22.0 Å². The van der Waals surface area contributed by atoms with E-state index in [0.29, 0.717) is 40.8 Å². The molecule has 2 amide bonds. The number of rotatable bonds is 7. The second kappa shape index (κ2) is 12.9. The first-order valence-corrected chi connectivity index (χ1v) is 16.7. The SMILES string of the molecule is COc1nc(-c2cccc(-c3cccc(Nc4nncc5c4C(O)N(C)C(=O)N5C)c3C)c2Cl)cc2c1[C@H](N1CCC(C(=O)O)CC1)CC2. The maximum atomic E-state index is 12.6. The van der Waals surface area contributed by atoms with Gasteiger partial charge in [-0.3, -0.25) is 19.5 Å². The van der Waals surface area contributed by atoms with Gasteiger partial charge < -0.3 is 20.3 Å². The van der Waals surface area contributed by atoms with E-state index in [0.717, 1.165) is 65.1 Å². The number of nitrogens with one attached hydrogen (secondary N) is 1. The quantitative estimate of drug-likeness (QED) is 0.206. The van der Waals surface area contributed by atoms with Crippen LogP contribution in [0.2, 0.25) is 5.02 Å². The van der Waals surface area contributed by atoms with Crippen molar-refractivity contribution in [2.45, 2.75) is 44.9 Å². The maximum Gasteiger partial charge on any atom is 0.326 e. The molecule has 3 aliphatic rings. The van der Waals surface area contributed by atoms with Crippen LogP contribution in [0.3, 0.4) is 0 Å². The van der Waals surface area contributed by atoms with Crippen molar-refractivity contribution >= 4 is 40.8 Å². The fourth-order valence-corrected chi connectivity index (χ4v) is 7.79. The number of carboxylic acid groups (broad SMARTS) is 1. The summed E-state index contributed by atoms with van der Waals surface area (Å²) in [5, 5.41) is 32.7. The van der Waals surface area contributed by atoms with Crippen LogP contribution in [0.5, 0.6) is 5.88 Å². The van der Waals surface area contributed by atoms with E-state index in [1.54, 1.807) is 14.2 Å². The number of aryl methyl sites for hydroxylation is 1. The first-order valence-electron chi connectivity index (χ1n) is 16.3. The molecule has 49 heavy (non-hydrogen) atoms. The van der Waals surface area contributed by atoms with Gasteiger partial charge >= 0.3 is 12.0 Å². The number of amides is 2. The Morgan fingerprint density at radius 1 is 1.04 bits per heavy atom. The zero-order valence-corrected chi connectivity index (χ0v) is 28.5. The third-order valence-electron chi connectivity index (χ3n) is 10.2. The van der Waals surface area contributed by atoms with Crippen molar-refractivity contribution in [2.75, 3.05) is 44.5 Å². The van der Waals surface area contributed by atoms with Crippen molar-refractivity contribution in [3.05, 3.63) is 75.9 Å². The van der Waals surface area contributed by atoms with Crippen LogP contribution in [-0.2, 0) is 11.2 Å². The molecule has 13 heteroatoms. The van der Waals surface area contributed by atoms with E-state index in [-0.39, 0.29) is 18.0 Å². The lowest BCUT2D eigenvalue weighted by Gasteiger charge is -2.36. The third kappa shape index (κ3) is 5.63. The van der Waals surface area contributed by atoms with Crippen LogP contribution >= 0.6 is 11.6 Å². The largest absolute Gasteiger partial charge is 0.481 e. The monoisotopic (exact) mass is 683 g/mol. The number of aromatic nitrogens is 3. The van der Waals surface area contributed by atoms with E-state index in [9.17, 15) is 19.8 Å². The molecule has 7 rings (SSSR count). The summed E-state index contributed by atoms with van der Waals surface area (Å²) in [7, 11) is 4.81. The van der Waals surface area contributed by atoms with Crippen LogP contribution in [0.25, 0.3) is 22.4 Å². The number of ether oxygens (including phenoxy) is 1. The Morgan fingerprint density at radius 3 is 2.49 bits per heavy atom. The van der Waals surface area contributed by atoms with Gasteiger partial charge in [-0.25, -0.2) is 9.78 Å². The number of aliphatic carboxylic acids is 1. The van der Waals surface area contributed by atoms with E-state index in [1.165, 1.54) is 28.6 Å². The summed E-state index contributed by atoms with van der Waals surface area (Å²) in [5.41, 5.74) is 8.06. The molecule has 1 aliphatic carbocycles. The molecule has 1 fully saturated rings. The molecule has 0 spiro atoms. The number of aliphatic hydroxyl groups excluding tert-OH is 1. The highest BCUT2D eigenvalue weighted by Gasteiger charge is 2.37. The summed E-state index contributed by atoms with van der Waals surface area (Å²) in [4.78, 5) is 34.1. The van der Waals surface area contributed by atoms with Crippen LogP contribution in [0, 0.1) is 12.8 Å². The number of hydrogen-bond acceptors (Lipinski definition) is 9. The average molecular weight is 684 g/mol. The highest BCUT2D eigenvalue weighted by Crippen LogP contribution is 2.46. The van der Waals surface area contributed by atoms with Gasteiger partial charge in [0.2, 0.25) is 5.88 Å². The molecule has 254 valence electrons. The van der Waals surface area contributed by atoms with Gasteiger partial charge in [-0.2, -0.15) is 5.10 Å². The predicted octanol–water partition coefficient (Wildman–Crippen LogP) is 6.20. The summed E-state index contributed by atoms with van der Waals surface area (Å²) in [6, 6.07) is 13.6. The number of piperidine rings is 1. The van der Waals surface area contributed by atoms with Gasteiger partial charge in [-0.15, -0.1) is 5.10 Å². The van der Waals surface area contributed by atoms with Gasteiger partial charge in [-0.05, 0) is 74.5 Å². The van der Waals surface area contributed by atoms with Crippen molar-refractivity contribution in [1.29, 1.82) is 0 Å². The summed E-state index contributed by atoms with van der Waals surface area (Å²) in [5.74, 6) is -0.0754. The van der Waals surface area contributed by atoms with Gasteiger partial charge in [0.05, 0.1) is 41.2 Å². The lowest BCUT2D eigenvalue weighted by Crippen LogP contribution is -2.46. The number of anilines is 3. The van der Waals surface area contributed by atoms with E-state index >= 15 is 0 Å². The summed E-state index contributed by atoms with van der Waals surface area (Å²) in [6.07, 6.45) is 3.36. The number of fused-ring (bicyclic) bond motifs is 2. The standard InChI is InChI=1S/C36H38ClN7O5/c1-19-22(7-6-10-25(19)39-32-30-28(18-38-41-32)42(2)36(48)43(3)34(30)45)23-8-5-9-24(31(23)37)26-17-21-11-12-27(29(21)33(40-26)49-4)44-15-13-20(14-16-44)35(46)47/h5-10,17-18,20,27,34,45H,11-16H2,1-4H3,(H,39,41)(H,46,47)/t27-,34?/m1/s1. The Balaban J connectivity index is 1.20. The van der Waals surface area contributed by atoms with Gasteiger partial charge in [0.25, 0.3) is 0 Å². The fourth-order valence-electron chi connectivity index (χ4n) is 7.47. The number of carboxylic acids is 1. The molecule has 2 atom stereocenters. The van der Waals surface area contributed by atoms with E-state index < -0.39 is 12.2 Å². The predicted molar refractivity (Wildman–Crippen MR) is 186 cm³/mol. The number of carbonyl (C=O) groups excluding carboxylic acids is 1. The van der Waals surface area contributed by atoms with Gasteiger partial charge in [0.15, 0.2) is 12.0 Å². The molecule has 2 aromatic carbocycles. The van der Waals surface area contributed by atoms with Crippen molar-refractivity contribution in [3.63, 3.8) is 0 Å². The molecular weight excluding hydrogens is 646 g/mol. The number of aliphatic hydroxyl groups is 1. The Labute approximate surface area is 289 Å². The summed E-state index contributed by atoms with van der Waals surface area (Å²) in [6.45, 7) is 3.46. The first-order chi connectivity index (χ1) is 23.6. The lowest BCUT2D eigenvalue weighted by atomic mass is 9.94. The molecule has 0 bridgehead atoms. The normalized spacial score (nSPS) is 19.5. The number of hydrogen-bond donors (Lipinski definition) is 3. The molecule has 2 aromatic heterocycles. The van der Waals surface area contributed by atoms with Crippen molar-refractivity contribution in [3.8, 4) is 28.3 Å². The first kappa shape index (κ1) is 32.8. The molecule has 0 radical (unpaired) electrons. The number of likely N-dealkylation sites (tertiary alicyclic amines) is 1. The average Bonchev–Trinajstić information content (AvgIpc) is 3.55. The fraction of sp³-hybridized carbons (Fsp3) is 0.361. The topological polar surface area (TPSA) is 144 Å².